The summed E-state index contributed by atoms with van der Waals surface area (Å²) in [5.74, 6) is 0.257. The summed E-state index contributed by atoms with van der Waals surface area (Å²) in [4.78, 5) is 14.7. The van der Waals surface area contributed by atoms with Crippen LogP contribution in [0.25, 0.3) is 0 Å². The second-order valence-electron chi connectivity index (χ2n) is 6.15. The highest BCUT2D eigenvalue weighted by atomic mass is 16.2. The molecule has 1 heterocycles. The highest BCUT2D eigenvalue weighted by molar-refractivity contribution is 5.87. The summed E-state index contributed by atoms with van der Waals surface area (Å²) in [5.41, 5.74) is 2.39. The molecule has 1 N–H and O–H groups in total. The summed E-state index contributed by atoms with van der Waals surface area (Å²) in [6.45, 7) is 0. The van der Waals surface area contributed by atoms with Crippen molar-refractivity contribution >= 4 is 11.6 Å². The van der Waals surface area contributed by atoms with E-state index in [1.807, 2.05) is 24.1 Å². The van der Waals surface area contributed by atoms with Crippen LogP contribution in [0.5, 0.6) is 0 Å². The van der Waals surface area contributed by atoms with Gasteiger partial charge in [0.15, 0.2) is 0 Å². The average Bonchev–Trinajstić information content (AvgIpc) is 2.72. The van der Waals surface area contributed by atoms with Crippen LogP contribution in [0.1, 0.15) is 44.1 Å². The zero-order valence-corrected chi connectivity index (χ0v) is 12.3. The minimum atomic E-state index is -0.0688. The maximum absolute atomic E-state index is 12.7. The second kappa shape index (κ2) is 5.86. The van der Waals surface area contributed by atoms with Gasteiger partial charge in [-0.25, -0.2) is 0 Å². The van der Waals surface area contributed by atoms with Crippen molar-refractivity contribution in [2.24, 2.45) is 0 Å². The van der Waals surface area contributed by atoms with Gasteiger partial charge in [0.1, 0.15) is 6.04 Å². The van der Waals surface area contributed by atoms with Crippen LogP contribution >= 0.6 is 0 Å². The predicted octanol–water partition coefficient (Wildman–Crippen LogP) is 3.20. The molecule has 0 radical (unpaired) electrons. The number of hydrogen-bond donors (Lipinski definition) is 1. The fourth-order valence-corrected chi connectivity index (χ4v) is 3.52. The molecule has 1 saturated carbocycles. The van der Waals surface area contributed by atoms with E-state index in [4.69, 9.17) is 0 Å². The van der Waals surface area contributed by atoms with Gasteiger partial charge < -0.3 is 10.2 Å². The minimum Gasteiger partial charge on any atom is -0.373 e. The first-order valence-electron chi connectivity index (χ1n) is 7.87. The molecule has 108 valence electrons. The molecule has 3 heteroatoms. The van der Waals surface area contributed by atoms with E-state index >= 15 is 0 Å². The Bertz CT molecular complexity index is 453. The fourth-order valence-electron chi connectivity index (χ4n) is 3.52. The van der Waals surface area contributed by atoms with Gasteiger partial charge in [-0.15, -0.1) is 0 Å². The molecule has 1 atom stereocenters. The number of para-hydroxylation sites is 1. The summed E-state index contributed by atoms with van der Waals surface area (Å²) >= 11 is 0. The highest BCUT2D eigenvalue weighted by Crippen LogP contribution is 2.27. The number of hydrogen-bond acceptors (Lipinski definition) is 2. The largest absolute Gasteiger partial charge is 0.373 e. The van der Waals surface area contributed by atoms with Gasteiger partial charge in [-0.05, 0) is 24.5 Å². The Balaban J connectivity index is 1.64. The van der Waals surface area contributed by atoms with Crippen molar-refractivity contribution in [3.63, 3.8) is 0 Å². The van der Waals surface area contributed by atoms with Gasteiger partial charge in [0.2, 0.25) is 5.91 Å². The number of carbonyl (C=O) groups excluding carboxylic acids is 1. The van der Waals surface area contributed by atoms with E-state index in [2.05, 4.69) is 17.4 Å². The number of fused-ring (bicyclic) bond motifs is 1. The maximum atomic E-state index is 12.7. The van der Waals surface area contributed by atoms with Crippen molar-refractivity contribution in [1.29, 1.82) is 0 Å². The molecule has 1 aliphatic carbocycles. The first kappa shape index (κ1) is 13.5. The molecule has 2 aliphatic rings. The highest BCUT2D eigenvalue weighted by Gasteiger charge is 2.31. The predicted molar refractivity (Wildman–Crippen MR) is 81.8 cm³/mol. The quantitative estimate of drug-likeness (QED) is 0.839. The van der Waals surface area contributed by atoms with E-state index in [-0.39, 0.29) is 11.9 Å². The van der Waals surface area contributed by atoms with Gasteiger partial charge in [-0.3, -0.25) is 4.79 Å². The Morgan fingerprint density at radius 1 is 1.15 bits per heavy atom. The van der Waals surface area contributed by atoms with Crippen molar-refractivity contribution < 1.29 is 4.79 Å². The van der Waals surface area contributed by atoms with Gasteiger partial charge in [0, 0.05) is 25.2 Å². The van der Waals surface area contributed by atoms with Crippen molar-refractivity contribution in [2.45, 2.75) is 57.0 Å². The van der Waals surface area contributed by atoms with Crippen LogP contribution in [-0.4, -0.2) is 29.9 Å². The molecule has 1 aliphatic heterocycles. The summed E-state index contributed by atoms with van der Waals surface area (Å²) in [6, 6.07) is 8.61. The van der Waals surface area contributed by atoms with Gasteiger partial charge in [-0.2, -0.15) is 0 Å². The van der Waals surface area contributed by atoms with Crippen LogP contribution in [-0.2, 0) is 11.2 Å². The summed E-state index contributed by atoms with van der Waals surface area (Å²) in [6.07, 6.45) is 8.34. The maximum Gasteiger partial charge on any atom is 0.245 e. The smallest absolute Gasteiger partial charge is 0.245 e. The summed E-state index contributed by atoms with van der Waals surface area (Å²) < 4.78 is 0. The first-order chi connectivity index (χ1) is 9.75. The number of nitrogens with one attached hydrogen (secondary N) is 1. The van der Waals surface area contributed by atoms with Crippen molar-refractivity contribution in [3.05, 3.63) is 29.8 Å². The SMILES string of the molecule is CN(C(=O)[C@@H]1Cc2ccccc2N1)C1CCCCCC1. The minimum absolute atomic E-state index is 0.0688. The molecule has 0 aromatic heterocycles. The van der Waals surface area contributed by atoms with Crippen molar-refractivity contribution in [1.82, 2.24) is 4.90 Å². The average molecular weight is 272 g/mol. The van der Waals surface area contributed by atoms with Crippen molar-refractivity contribution in [3.8, 4) is 0 Å². The standard InChI is InChI=1S/C17H24N2O/c1-19(14-9-4-2-3-5-10-14)17(20)16-12-13-8-6-7-11-15(13)18-16/h6-8,11,14,16,18H,2-5,9-10,12H2,1H3/t16-/m0/s1. The van der Waals surface area contributed by atoms with E-state index in [0.717, 1.165) is 12.1 Å². The zero-order chi connectivity index (χ0) is 13.9. The molecule has 0 spiro atoms. The van der Waals surface area contributed by atoms with Crippen molar-refractivity contribution in [2.75, 3.05) is 12.4 Å². The van der Waals surface area contributed by atoms with Crippen LogP contribution in [0.3, 0.4) is 0 Å². The number of anilines is 1. The van der Waals surface area contributed by atoms with E-state index in [0.29, 0.717) is 6.04 Å². The molecule has 3 rings (SSSR count). The third kappa shape index (κ3) is 2.67. The van der Waals surface area contributed by atoms with Gasteiger partial charge in [0.05, 0.1) is 0 Å². The van der Waals surface area contributed by atoms with E-state index in [1.54, 1.807) is 0 Å². The van der Waals surface area contributed by atoms with Gasteiger partial charge in [0.25, 0.3) is 0 Å². The molecule has 1 amide bonds. The molecular formula is C17H24N2O. The number of benzene rings is 1. The summed E-state index contributed by atoms with van der Waals surface area (Å²) in [7, 11) is 1.99. The molecule has 0 bridgehead atoms. The first-order valence-corrected chi connectivity index (χ1v) is 7.87. The number of likely N-dealkylation sites (N-methyl/N-ethyl adjacent to an activating group) is 1. The zero-order valence-electron chi connectivity index (χ0n) is 12.3. The Labute approximate surface area is 121 Å². The molecule has 0 unspecified atom stereocenters. The number of amides is 1. The molecule has 3 nitrogen and oxygen atoms in total. The molecule has 1 fully saturated rings. The lowest BCUT2D eigenvalue weighted by molar-refractivity contribution is -0.132. The molecule has 0 saturated heterocycles. The van der Waals surface area contributed by atoms with Crippen LogP contribution in [0.2, 0.25) is 0 Å². The second-order valence-corrected chi connectivity index (χ2v) is 6.15. The van der Waals surface area contributed by atoms with Crippen LogP contribution < -0.4 is 5.32 Å². The Morgan fingerprint density at radius 3 is 2.55 bits per heavy atom. The van der Waals surface area contributed by atoms with Crippen LogP contribution in [0, 0.1) is 0 Å². The fraction of sp³-hybridized carbons (Fsp3) is 0.588. The summed E-state index contributed by atoms with van der Waals surface area (Å²) in [5, 5.41) is 3.38. The molecule has 1 aromatic carbocycles. The Hall–Kier alpha value is -1.51. The van der Waals surface area contributed by atoms with Crippen LogP contribution in [0.4, 0.5) is 5.69 Å². The monoisotopic (exact) mass is 272 g/mol. The Kier molecular flexibility index (Phi) is 3.95. The third-order valence-corrected chi connectivity index (χ3v) is 4.79. The lowest BCUT2D eigenvalue weighted by atomic mass is 10.1. The van der Waals surface area contributed by atoms with E-state index in [1.165, 1.54) is 44.1 Å². The third-order valence-electron chi connectivity index (χ3n) is 4.79. The van der Waals surface area contributed by atoms with Gasteiger partial charge >= 0.3 is 0 Å². The molecule has 1 aromatic rings. The van der Waals surface area contributed by atoms with E-state index in [9.17, 15) is 4.79 Å². The lowest BCUT2D eigenvalue weighted by Crippen LogP contribution is -2.45. The lowest BCUT2D eigenvalue weighted by Gasteiger charge is -2.29. The topological polar surface area (TPSA) is 32.3 Å². The molecule has 20 heavy (non-hydrogen) atoms. The van der Waals surface area contributed by atoms with Gasteiger partial charge in [-0.1, -0.05) is 43.9 Å². The Morgan fingerprint density at radius 2 is 1.85 bits per heavy atom. The normalized spacial score (nSPS) is 22.8. The molecular weight excluding hydrogens is 248 g/mol. The van der Waals surface area contributed by atoms with Crippen LogP contribution in [0.15, 0.2) is 24.3 Å². The number of nitrogens with zero attached hydrogens (tertiary/aromatic N) is 1. The van der Waals surface area contributed by atoms with E-state index < -0.39 is 0 Å². The number of rotatable bonds is 2. The number of carbonyl (C=O) groups is 1.